The third-order valence-corrected chi connectivity index (χ3v) is 6.04. The van der Waals surface area contributed by atoms with Crippen molar-refractivity contribution >= 4 is 10.0 Å². The van der Waals surface area contributed by atoms with Gasteiger partial charge in [0, 0.05) is 24.3 Å². The number of aromatic nitrogens is 2. The summed E-state index contributed by atoms with van der Waals surface area (Å²) in [6.07, 6.45) is 6.27. The lowest BCUT2D eigenvalue weighted by Crippen LogP contribution is -2.37. The van der Waals surface area contributed by atoms with E-state index in [0.717, 1.165) is 25.7 Å². The van der Waals surface area contributed by atoms with Gasteiger partial charge in [0.25, 0.3) is 10.0 Å². The molecule has 7 heteroatoms. The van der Waals surface area contributed by atoms with Crippen molar-refractivity contribution < 1.29 is 13.5 Å². The molecule has 0 aliphatic heterocycles. The van der Waals surface area contributed by atoms with Gasteiger partial charge >= 0.3 is 0 Å². The standard InChI is InChI=1S/C13H23N3O3S/c1-10-12(9-17)13(15-14-10)20(18,19)16(2)11-7-5-3-4-6-8-11/h11,17H,3-9H2,1-2H3,(H,14,15). The van der Waals surface area contributed by atoms with Gasteiger partial charge in [-0.3, -0.25) is 5.10 Å². The van der Waals surface area contributed by atoms with Crippen molar-refractivity contribution in [1.29, 1.82) is 0 Å². The number of hydrogen-bond acceptors (Lipinski definition) is 4. The minimum absolute atomic E-state index is 0.0334. The predicted octanol–water partition coefficient (Wildman–Crippen LogP) is 1.55. The second kappa shape index (κ2) is 6.24. The lowest BCUT2D eigenvalue weighted by Gasteiger charge is -2.25. The van der Waals surface area contributed by atoms with E-state index >= 15 is 0 Å². The Hall–Kier alpha value is -0.920. The number of aliphatic hydroxyl groups excluding tert-OH is 1. The molecule has 0 saturated heterocycles. The highest BCUT2D eigenvalue weighted by atomic mass is 32.2. The highest BCUT2D eigenvalue weighted by molar-refractivity contribution is 7.89. The summed E-state index contributed by atoms with van der Waals surface area (Å²) >= 11 is 0. The third-order valence-electron chi connectivity index (χ3n) is 4.16. The zero-order valence-corrected chi connectivity index (χ0v) is 12.9. The van der Waals surface area contributed by atoms with Crippen LogP contribution in [0.2, 0.25) is 0 Å². The van der Waals surface area contributed by atoms with Crippen molar-refractivity contribution in [2.45, 2.75) is 63.1 Å². The lowest BCUT2D eigenvalue weighted by atomic mass is 10.1. The van der Waals surface area contributed by atoms with E-state index in [1.165, 1.54) is 17.1 Å². The number of aryl methyl sites for hydroxylation is 1. The van der Waals surface area contributed by atoms with Gasteiger partial charge in [0.1, 0.15) is 0 Å². The minimum Gasteiger partial charge on any atom is -0.392 e. The second-order valence-corrected chi connectivity index (χ2v) is 7.37. The van der Waals surface area contributed by atoms with Crippen molar-refractivity contribution in [3.05, 3.63) is 11.3 Å². The van der Waals surface area contributed by atoms with E-state index in [1.54, 1.807) is 14.0 Å². The summed E-state index contributed by atoms with van der Waals surface area (Å²) in [5.41, 5.74) is 0.964. The lowest BCUT2D eigenvalue weighted by molar-refractivity contribution is 0.276. The van der Waals surface area contributed by atoms with Crippen LogP contribution in [0.3, 0.4) is 0 Å². The Morgan fingerprint density at radius 3 is 2.45 bits per heavy atom. The first-order valence-corrected chi connectivity index (χ1v) is 8.55. The van der Waals surface area contributed by atoms with Crippen LogP contribution in [0, 0.1) is 6.92 Å². The van der Waals surface area contributed by atoms with Crippen molar-refractivity contribution in [3.63, 3.8) is 0 Å². The summed E-state index contributed by atoms with van der Waals surface area (Å²) < 4.78 is 26.8. The van der Waals surface area contributed by atoms with Crippen LogP contribution in [0.15, 0.2) is 5.03 Å². The molecular weight excluding hydrogens is 278 g/mol. The van der Waals surface area contributed by atoms with Crippen molar-refractivity contribution in [3.8, 4) is 0 Å². The molecule has 0 bridgehead atoms. The summed E-state index contributed by atoms with van der Waals surface area (Å²) in [5, 5.41) is 15.8. The highest BCUT2D eigenvalue weighted by Crippen LogP contribution is 2.27. The van der Waals surface area contributed by atoms with Crippen LogP contribution in [-0.4, -0.2) is 41.1 Å². The number of hydrogen-bond donors (Lipinski definition) is 2. The molecule has 1 saturated carbocycles. The molecule has 1 heterocycles. The fourth-order valence-electron chi connectivity index (χ4n) is 2.78. The van der Waals surface area contributed by atoms with Gasteiger partial charge in [-0.1, -0.05) is 25.7 Å². The Morgan fingerprint density at radius 1 is 1.30 bits per heavy atom. The van der Waals surface area contributed by atoms with Crippen LogP contribution >= 0.6 is 0 Å². The van der Waals surface area contributed by atoms with E-state index in [1.807, 2.05) is 0 Å². The molecule has 20 heavy (non-hydrogen) atoms. The first kappa shape index (κ1) is 15.5. The van der Waals surface area contributed by atoms with Gasteiger partial charge in [-0.25, -0.2) is 8.42 Å². The quantitative estimate of drug-likeness (QED) is 0.826. The van der Waals surface area contributed by atoms with E-state index in [4.69, 9.17) is 0 Å². The van der Waals surface area contributed by atoms with Gasteiger partial charge in [0.2, 0.25) is 0 Å². The normalized spacial score (nSPS) is 18.4. The van der Waals surface area contributed by atoms with Gasteiger partial charge in [-0.2, -0.15) is 9.40 Å². The number of nitrogens with one attached hydrogen (secondary N) is 1. The van der Waals surface area contributed by atoms with Crippen LogP contribution in [0.5, 0.6) is 0 Å². The fourth-order valence-corrected chi connectivity index (χ4v) is 4.35. The molecule has 0 atom stereocenters. The molecule has 0 radical (unpaired) electrons. The molecule has 0 aromatic carbocycles. The Bertz CT molecular complexity index is 545. The number of sulfonamides is 1. The average molecular weight is 301 g/mol. The van der Waals surface area contributed by atoms with Crippen LogP contribution < -0.4 is 0 Å². The molecule has 1 aliphatic carbocycles. The Kier molecular flexibility index (Phi) is 4.82. The molecule has 1 fully saturated rings. The second-order valence-electron chi connectivity index (χ2n) is 5.46. The summed E-state index contributed by atoms with van der Waals surface area (Å²) in [5.74, 6) is 0. The zero-order valence-electron chi connectivity index (χ0n) is 12.1. The highest BCUT2D eigenvalue weighted by Gasteiger charge is 2.32. The molecule has 0 unspecified atom stereocenters. The van der Waals surface area contributed by atoms with Crippen molar-refractivity contribution in [1.82, 2.24) is 14.5 Å². The first-order valence-electron chi connectivity index (χ1n) is 7.11. The molecular formula is C13H23N3O3S. The van der Waals surface area contributed by atoms with E-state index in [-0.39, 0.29) is 17.7 Å². The van der Waals surface area contributed by atoms with E-state index < -0.39 is 10.0 Å². The molecule has 1 aromatic heterocycles. The van der Waals surface area contributed by atoms with Crippen LogP contribution in [-0.2, 0) is 16.6 Å². The maximum absolute atomic E-state index is 12.7. The van der Waals surface area contributed by atoms with Crippen LogP contribution in [0.1, 0.15) is 49.8 Å². The topological polar surface area (TPSA) is 86.3 Å². The fraction of sp³-hybridized carbons (Fsp3) is 0.769. The average Bonchev–Trinajstić information content (AvgIpc) is 2.65. The number of nitrogens with zero attached hydrogens (tertiary/aromatic N) is 2. The number of aliphatic hydroxyl groups is 1. The Morgan fingerprint density at radius 2 is 1.90 bits per heavy atom. The Balaban J connectivity index is 2.28. The number of H-pyrrole nitrogens is 1. The first-order chi connectivity index (χ1) is 9.48. The molecule has 2 rings (SSSR count). The summed E-state index contributed by atoms with van der Waals surface area (Å²) in [4.78, 5) is 0. The van der Waals surface area contributed by atoms with Gasteiger partial charge < -0.3 is 5.11 Å². The third kappa shape index (κ3) is 2.89. The summed E-state index contributed by atoms with van der Waals surface area (Å²) in [7, 11) is -2.02. The monoisotopic (exact) mass is 301 g/mol. The van der Waals surface area contributed by atoms with E-state index in [2.05, 4.69) is 10.2 Å². The number of rotatable bonds is 4. The zero-order chi connectivity index (χ0) is 14.8. The van der Waals surface area contributed by atoms with E-state index in [0.29, 0.717) is 11.3 Å². The van der Waals surface area contributed by atoms with Gasteiger partial charge in [-0.15, -0.1) is 0 Å². The molecule has 2 N–H and O–H groups in total. The van der Waals surface area contributed by atoms with Crippen LogP contribution in [0.4, 0.5) is 0 Å². The molecule has 1 aromatic rings. The minimum atomic E-state index is -3.65. The van der Waals surface area contributed by atoms with Gasteiger partial charge in [0.05, 0.1) is 6.61 Å². The molecule has 1 aliphatic rings. The van der Waals surface area contributed by atoms with Gasteiger partial charge in [0.15, 0.2) is 5.03 Å². The maximum atomic E-state index is 12.7. The van der Waals surface area contributed by atoms with E-state index in [9.17, 15) is 13.5 Å². The summed E-state index contributed by atoms with van der Waals surface area (Å²) in [6.45, 7) is 1.39. The number of aromatic amines is 1. The Labute approximate surface area is 120 Å². The summed E-state index contributed by atoms with van der Waals surface area (Å²) in [6, 6.07) is 0.0334. The largest absolute Gasteiger partial charge is 0.392 e. The molecule has 0 amide bonds. The van der Waals surface area contributed by atoms with Crippen molar-refractivity contribution in [2.24, 2.45) is 0 Å². The van der Waals surface area contributed by atoms with Crippen molar-refractivity contribution in [2.75, 3.05) is 7.05 Å². The molecule has 114 valence electrons. The smallest absolute Gasteiger partial charge is 0.262 e. The van der Waals surface area contributed by atoms with Gasteiger partial charge in [-0.05, 0) is 19.8 Å². The van der Waals surface area contributed by atoms with Crippen LogP contribution in [0.25, 0.3) is 0 Å². The predicted molar refractivity (Wildman–Crippen MR) is 75.7 cm³/mol. The molecule has 6 nitrogen and oxygen atoms in total. The maximum Gasteiger partial charge on any atom is 0.262 e. The molecule has 0 spiro atoms. The SMILES string of the molecule is Cc1[nH]nc(S(=O)(=O)N(C)C2CCCCCC2)c1CO.